The van der Waals surface area contributed by atoms with E-state index in [9.17, 15) is 9.59 Å². The van der Waals surface area contributed by atoms with E-state index < -0.39 is 5.97 Å². The molecule has 166 valence electrons. The third-order valence-corrected chi connectivity index (χ3v) is 6.01. The molecule has 0 bridgehead atoms. The Hall–Kier alpha value is -2.82. The van der Waals surface area contributed by atoms with E-state index in [1.165, 1.54) is 30.5 Å². The van der Waals surface area contributed by atoms with Crippen molar-refractivity contribution in [2.75, 3.05) is 18.0 Å². The molecule has 0 aromatic heterocycles. The number of amides is 1. The molecule has 0 saturated carbocycles. The van der Waals surface area contributed by atoms with E-state index >= 15 is 0 Å². The number of rotatable bonds is 10. The zero-order chi connectivity index (χ0) is 22.1. The van der Waals surface area contributed by atoms with Crippen molar-refractivity contribution in [1.82, 2.24) is 5.32 Å². The van der Waals surface area contributed by atoms with Crippen molar-refractivity contribution in [3.05, 3.63) is 65.2 Å². The molecular weight excluding hydrogens is 388 g/mol. The fraction of sp³-hybridized carbons (Fsp3) is 0.462. The Morgan fingerprint density at radius 3 is 2.39 bits per heavy atom. The van der Waals surface area contributed by atoms with Gasteiger partial charge >= 0.3 is 5.97 Å². The summed E-state index contributed by atoms with van der Waals surface area (Å²) in [5.74, 6) is -0.987. The predicted octanol–water partition coefficient (Wildman–Crippen LogP) is 5.36. The second kappa shape index (κ2) is 11.5. The quantitative estimate of drug-likeness (QED) is 0.506. The number of carbonyl (C=O) groups is 2. The number of hydrogen-bond donors (Lipinski definition) is 2. The second-order valence-electron chi connectivity index (χ2n) is 8.40. The van der Waals surface area contributed by atoms with Crippen molar-refractivity contribution < 1.29 is 14.7 Å². The normalized spacial score (nSPS) is 14.8. The minimum absolute atomic E-state index is 0.0181. The van der Waals surface area contributed by atoms with Gasteiger partial charge in [0.2, 0.25) is 5.91 Å². The van der Waals surface area contributed by atoms with Gasteiger partial charge in [-0.25, -0.2) is 4.79 Å². The minimum Gasteiger partial charge on any atom is -0.478 e. The number of carbonyl (C=O) groups excluding carboxylic acids is 1. The van der Waals surface area contributed by atoms with Gasteiger partial charge in [-0.05, 0) is 55.0 Å². The fourth-order valence-corrected chi connectivity index (χ4v) is 4.30. The molecule has 5 nitrogen and oxygen atoms in total. The van der Waals surface area contributed by atoms with Gasteiger partial charge in [-0.2, -0.15) is 0 Å². The molecule has 1 amide bonds. The number of unbranched alkanes of at least 4 members (excludes halogenated alkanes) is 2. The van der Waals surface area contributed by atoms with E-state index in [1.807, 2.05) is 0 Å². The van der Waals surface area contributed by atoms with E-state index in [0.29, 0.717) is 0 Å². The molecule has 1 saturated heterocycles. The van der Waals surface area contributed by atoms with Crippen LogP contribution in [-0.2, 0) is 11.2 Å². The molecule has 0 unspecified atom stereocenters. The lowest BCUT2D eigenvalue weighted by molar-refractivity contribution is -0.121. The minimum atomic E-state index is -0.957. The van der Waals surface area contributed by atoms with Crippen LogP contribution in [0.3, 0.4) is 0 Å². The first-order chi connectivity index (χ1) is 15.1. The van der Waals surface area contributed by atoms with Gasteiger partial charge in [-0.3, -0.25) is 4.79 Å². The molecule has 0 aliphatic carbocycles. The van der Waals surface area contributed by atoms with Crippen LogP contribution in [-0.4, -0.2) is 30.1 Å². The van der Waals surface area contributed by atoms with E-state index in [0.717, 1.165) is 44.3 Å². The first-order valence-corrected chi connectivity index (χ1v) is 11.5. The number of nitrogens with one attached hydrogen (secondary N) is 1. The molecule has 1 heterocycles. The monoisotopic (exact) mass is 422 g/mol. The standard InChI is InChI=1S/C26H34N2O3/c1-2-3-5-11-23(22-10-6-7-12-24(22)28-17-8-4-9-18-28)27-25(29)19-20-13-15-21(16-14-20)26(30)31/h6-7,10,12-16,23H,2-5,8-9,11,17-19H2,1H3,(H,27,29)(H,30,31)/t23-/m0/s1. The first-order valence-electron chi connectivity index (χ1n) is 11.5. The van der Waals surface area contributed by atoms with Crippen molar-refractivity contribution in [3.63, 3.8) is 0 Å². The van der Waals surface area contributed by atoms with Gasteiger partial charge in [0.15, 0.2) is 0 Å². The first kappa shape index (κ1) is 22.9. The summed E-state index contributed by atoms with van der Waals surface area (Å²) in [6, 6.07) is 15.0. The maximum Gasteiger partial charge on any atom is 0.335 e. The van der Waals surface area contributed by atoms with Crippen molar-refractivity contribution in [2.24, 2.45) is 0 Å². The smallest absolute Gasteiger partial charge is 0.335 e. The fourth-order valence-electron chi connectivity index (χ4n) is 4.30. The third-order valence-electron chi connectivity index (χ3n) is 6.01. The Morgan fingerprint density at radius 2 is 1.71 bits per heavy atom. The van der Waals surface area contributed by atoms with Gasteiger partial charge in [0.05, 0.1) is 18.0 Å². The highest BCUT2D eigenvalue weighted by molar-refractivity contribution is 5.87. The molecule has 0 radical (unpaired) electrons. The molecule has 2 aromatic rings. The molecule has 0 spiro atoms. The van der Waals surface area contributed by atoms with Crippen LogP contribution in [0.1, 0.15) is 79.4 Å². The highest BCUT2D eigenvalue weighted by Gasteiger charge is 2.21. The topological polar surface area (TPSA) is 69.6 Å². The van der Waals surface area contributed by atoms with Crippen molar-refractivity contribution in [2.45, 2.75) is 64.3 Å². The number of benzene rings is 2. The number of piperidine rings is 1. The Balaban J connectivity index is 1.74. The molecular formula is C26H34N2O3. The zero-order valence-electron chi connectivity index (χ0n) is 18.5. The van der Waals surface area contributed by atoms with Gasteiger partial charge in [0.25, 0.3) is 0 Å². The largest absolute Gasteiger partial charge is 0.478 e. The van der Waals surface area contributed by atoms with Crippen LogP contribution in [0, 0.1) is 0 Å². The molecule has 5 heteroatoms. The summed E-state index contributed by atoms with van der Waals surface area (Å²) in [5, 5.41) is 12.3. The SMILES string of the molecule is CCCCC[C@H](NC(=O)Cc1ccc(C(=O)O)cc1)c1ccccc1N1CCCCC1. The van der Waals surface area contributed by atoms with Gasteiger partial charge in [-0.15, -0.1) is 0 Å². The average molecular weight is 423 g/mol. The summed E-state index contributed by atoms with van der Waals surface area (Å²) in [6.07, 6.45) is 8.25. The number of carboxylic acids is 1. The molecule has 1 aliphatic heterocycles. The zero-order valence-corrected chi connectivity index (χ0v) is 18.5. The number of anilines is 1. The van der Waals surface area contributed by atoms with Gasteiger partial charge in [-0.1, -0.05) is 56.5 Å². The average Bonchev–Trinajstić information content (AvgIpc) is 2.79. The van der Waals surface area contributed by atoms with Crippen LogP contribution in [0.25, 0.3) is 0 Å². The Kier molecular flexibility index (Phi) is 8.51. The third kappa shape index (κ3) is 6.58. The summed E-state index contributed by atoms with van der Waals surface area (Å²) in [4.78, 5) is 26.4. The summed E-state index contributed by atoms with van der Waals surface area (Å²) in [5.41, 5.74) is 3.50. The van der Waals surface area contributed by atoms with E-state index in [2.05, 4.69) is 41.4 Å². The summed E-state index contributed by atoms with van der Waals surface area (Å²) in [7, 11) is 0. The lowest BCUT2D eigenvalue weighted by Gasteiger charge is -2.33. The number of aromatic carboxylic acids is 1. The lowest BCUT2D eigenvalue weighted by Crippen LogP contribution is -2.34. The summed E-state index contributed by atoms with van der Waals surface area (Å²) < 4.78 is 0. The van der Waals surface area contributed by atoms with Crippen LogP contribution in [0.4, 0.5) is 5.69 Å². The maximum atomic E-state index is 12.9. The van der Waals surface area contributed by atoms with E-state index in [1.54, 1.807) is 24.3 Å². The molecule has 3 rings (SSSR count). The number of carboxylic acid groups (broad SMARTS) is 1. The van der Waals surface area contributed by atoms with Crippen molar-refractivity contribution in [3.8, 4) is 0 Å². The van der Waals surface area contributed by atoms with Gasteiger partial charge in [0.1, 0.15) is 0 Å². The predicted molar refractivity (Wildman–Crippen MR) is 125 cm³/mol. The molecule has 2 N–H and O–H groups in total. The maximum absolute atomic E-state index is 12.9. The van der Waals surface area contributed by atoms with Gasteiger partial charge in [0, 0.05) is 18.8 Å². The number of para-hydroxylation sites is 1. The van der Waals surface area contributed by atoms with Crippen LogP contribution in [0.15, 0.2) is 48.5 Å². The second-order valence-corrected chi connectivity index (χ2v) is 8.40. The Morgan fingerprint density at radius 1 is 1.00 bits per heavy atom. The Bertz CT molecular complexity index is 857. The molecule has 1 fully saturated rings. The van der Waals surface area contributed by atoms with Gasteiger partial charge < -0.3 is 15.3 Å². The van der Waals surface area contributed by atoms with E-state index in [-0.39, 0.29) is 23.9 Å². The van der Waals surface area contributed by atoms with Crippen LogP contribution < -0.4 is 10.2 Å². The van der Waals surface area contributed by atoms with Crippen LogP contribution >= 0.6 is 0 Å². The van der Waals surface area contributed by atoms with Crippen molar-refractivity contribution >= 4 is 17.6 Å². The Labute approximate surface area is 185 Å². The van der Waals surface area contributed by atoms with E-state index in [4.69, 9.17) is 5.11 Å². The summed E-state index contributed by atoms with van der Waals surface area (Å²) >= 11 is 0. The molecule has 31 heavy (non-hydrogen) atoms. The summed E-state index contributed by atoms with van der Waals surface area (Å²) in [6.45, 7) is 4.33. The number of hydrogen-bond acceptors (Lipinski definition) is 3. The highest BCUT2D eigenvalue weighted by Crippen LogP contribution is 2.31. The van der Waals surface area contributed by atoms with Crippen LogP contribution in [0.2, 0.25) is 0 Å². The molecule has 2 aromatic carbocycles. The van der Waals surface area contributed by atoms with Crippen molar-refractivity contribution in [1.29, 1.82) is 0 Å². The van der Waals surface area contributed by atoms with Crippen LogP contribution in [0.5, 0.6) is 0 Å². The lowest BCUT2D eigenvalue weighted by atomic mass is 9.96. The number of nitrogens with zero attached hydrogens (tertiary/aromatic N) is 1. The molecule has 1 aliphatic rings. The highest BCUT2D eigenvalue weighted by atomic mass is 16.4. The molecule has 1 atom stereocenters.